The number of aromatic nitrogens is 1. The van der Waals surface area contributed by atoms with E-state index in [-0.39, 0.29) is 0 Å². The highest BCUT2D eigenvalue weighted by atomic mass is 16.5. The quantitative estimate of drug-likeness (QED) is 0.362. The number of fused-ring (bicyclic) bond motifs is 1. The lowest BCUT2D eigenvalue weighted by molar-refractivity contribution is 0.314. The zero-order chi connectivity index (χ0) is 24.6. The highest BCUT2D eigenvalue weighted by Gasteiger charge is 2.22. The third kappa shape index (κ3) is 6.57. The van der Waals surface area contributed by atoms with Crippen LogP contribution in [0.5, 0.6) is 11.5 Å². The van der Waals surface area contributed by atoms with Crippen molar-refractivity contribution >= 4 is 22.4 Å². The summed E-state index contributed by atoms with van der Waals surface area (Å²) in [4.78, 5) is 7.05. The SMILES string of the molecule is CCOc1ccc(CNC[C@H]2CC[C@@H](Nc3cc(N(C)C)c4ccccc4n3)CC2)c(OCC)c1. The average molecular weight is 477 g/mol. The zero-order valence-corrected chi connectivity index (χ0v) is 21.6. The van der Waals surface area contributed by atoms with E-state index in [1.165, 1.54) is 42.3 Å². The van der Waals surface area contributed by atoms with E-state index in [0.717, 1.165) is 35.9 Å². The summed E-state index contributed by atoms with van der Waals surface area (Å²) in [6.07, 6.45) is 4.79. The Labute approximate surface area is 210 Å². The fourth-order valence-corrected chi connectivity index (χ4v) is 4.96. The molecule has 0 bridgehead atoms. The van der Waals surface area contributed by atoms with Crippen molar-refractivity contribution in [2.24, 2.45) is 5.92 Å². The Bertz CT molecular complexity index is 1090. The van der Waals surface area contributed by atoms with Crippen molar-refractivity contribution in [1.82, 2.24) is 10.3 Å². The first-order valence-corrected chi connectivity index (χ1v) is 13.0. The molecule has 1 aliphatic rings. The molecular formula is C29H40N4O2. The molecule has 4 rings (SSSR count). The number of benzene rings is 2. The second-order valence-corrected chi connectivity index (χ2v) is 9.57. The van der Waals surface area contributed by atoms with E-state index in [4.69, 9.17) is 14.5 Å². The Morgan fingerprint density at radius 1 is 0.943 bits per heavy atom. The van der Waals surface area contributed by atoms with Gasteiger partial charge in [-0.05, 0) is 64.1 Å². The number of hydrogen-bond acceptors (Lipinski definition) is 6. The first kappa shape index (κ1) is 25.1. The van der Waals surface area contributed by atoms with Crippen LogP contribution in [0, 0.1) is 5.92 Å². The first-order valence-electron chi connectivity index (χ1n) is 13.0. The fraction of sp³-hybridized carbons (Fsp3) is 0.483. The molecule has 6 nitrogen and oxygen atoms in total. The summed E-state index contributed by atoms with van der Waals surface area (Å²) >= 11 is 0. The molecule has 188 valence electrons. The molecular weight excluding hydrogens is 436 g/mol. The van der Waals surface area contributed by atoms with Gasteiger partial charge in [0.1, 0.15) is 17.3 Å². The third-order valence-corrected chi connectivity index (χ3v) is 6.77. The van der Waals surface area contributed by atoms with E-state index in [1.54, 1.807) is 0 Å². The number of ether oxygens (including phenoxy) is 2. The van der Waals surface area contributed by atoms with Gasteiger partial charge in [-0.2, -0.15) is 0 Å². The number of nitrogens with zero attached hydrogens (tertiary/aromatic N) is 2. The molecule has 0 atom stereocenters. The fourth-order valence-electron chi connectivity index (χ4n) is 4.96. The van der Waals surface area contributed by atoms with Crippen LogP contribution < -0.4 is 25.0 Å². The van der Waals surface area contributed by atoms with Crippen LogP contribution in [-0.4, -0.2) is 44.9 Å². The number of nitrogens with one attached hydrogen (secondary N) is 2. The van der Waals surface area contributed by atoms with Crippen LogP contribution >= 0.6 is 0 Å². The first-order chi connectivity index (χ1) is 17.1. The molecule has 6 heteroatoms. The molecule has 1 heterocycles. The van der Waals surface area contributed by atoms with Gasteiger partial charge < -0.3 is 25.0 Å². The predicted molar refractivity (Wildman–Crippen MR) is 146 cm³/mol. The third-order valence-electron chi connectivity index (χ3n) is 6.77. The second kappa shape index (κ2) is 12.1. The van der Waals surface area contributed by atoms with E-state index in [1.807, 2.05) is 26.0 Å². The Morgan fingerprint density at radius 3 is 2.46 bits per heavy atom. The minimum absolute atomic E-state index is 0.477. The van der Waals surface area contributed by atoms with E-state index in [0.29, 0.717) is 25.2 Å². The summed E-state index contributed by atoms with van der Waals surface area (Å²) in [5.41, 5.74) is 3.43. The average Bonchev–Trinajstić information content (AvgIpc) is 2.86. The van der Waals surface area contributed by atoms with Crippen LogP contribution in [0.1, 0.15) is 45.1 Å². The second-order valence-electron chi connectivity index (χ2n) is 9.57. The van der Waals surface area contributed by atoms with Gasteiger partial charge in [-0.3, -0.25) is 0 Å². The Balaban J connectivity index is 1.28. The number of para-hydroxylation sites is 1. The molecule has 0 radical (unpaired) electrons. The summed E-state index contributed by atoms with van der Waals surface area (Å²) < 4.78 is 11.5. The van der Waals surface area contributed by atoms with Crippen molar-refractivity contribution in [2.45, 2.75) is 52.1 Å². The number of anilines is 2. The summed E-state index contributed by atoms with van der Waals surface area (Å²) in [5, 5.41) is 8.58. The van der Waals surface area contributed by atoms with Crippen LogP contribution in [0.15, 0.2) is 48.5 Å². The van der Waals surface area contributed by atoms with Gasteiger partial charge in [0.2, 0.25) is 0 Å². The number of rotatable bonds is 11. The van der Waals surface area contributed by atoms with Crippen molar-refractivity contribution in [3.8, 4) is 11.5 Å². The number of pyridine rings is 1. The van der Waals surface area contributed by atoms with Crippen LogP contribution in [0.3, 0.4) is 0 Å². The van der Waals surface area contributed by atoms with Crippen molar-refractivity contribution in [2.75, 3.05) is 44.1 Å². The lowest BCUT2D eigenvalue weighted by atomic mass is 9.86. The molecule has 1 aromatic heterocycles. The highest BCUT2D eigenvalue weighted by Crippen LogP contribution is 2.31. The molecule has 0 spiro atoms. The molecule has 1 fully saturated rings. The lowest BCUT2D eigenvalue weighted by Gasteiger charge is -2.30. The molecule has 0 amide bonds. The topological polar surface area (TPSA) is 58.7 Å². The molecule has 0 aliphatic heterocycles. The van der Waals surface area contributed by atoms with Crippen LogP contribution in [-0.2, 0) is 6.54 Å². The van der Waals surface area contributed by atoms with Gasteiger partial charge in [0, 0.05) is 55.5 Å². The summed E-state index contributed by atoms with van der Waals surface area (Å²) in [5.74, 6) is 3.46. The van der Waals surface area contributed by atoms with Gasteiger partial charge in [0.15, 0.2) is 0 Å². The maximum Gasteiger partial charge on any atom is 0.128 e. The molecule has 2 aromatic carbocycles. The minimum Gasteiger partial charge on any atom is -0.494 e. The summed E-state index contributed by atoms with van der Waals surface area (Å²) in [6.45, 7) is 7.18. The van der Waals surface area contributed by atoms with E-state index in [2.05, 4.69) is 66.0 Å². The van der Waals surface area contributed by atoms with Gasteiger partial charge in [0.25, 0.3) is 0 Å². The molecule has 1 aliphatic carbocycles. The zero-order valence-electron chi connectivity index (χ0n) is 21.6. The van der Waals surface area contributed by atoms with Crippen molar-refractivity contribution in [3.63, 3.8) is 0 Å². The molecule has 0 saturated heterocycles. The highest BCUT2D eigenvalue weighted by molar-refractivity contribution is 5.93. The lowest BCUT2D eigenvalue weighted by Crippen LogP contribution is -2.31. The normalized spacial score (nSPS) is 17.8. The smallest absolute Gasteiger partial charge is 0.128 e. The maximum atomic E-state index is 5.85. The van der Waals surface area contributed by atoms with E-state index in [9.17, 15) is 0 Å². The molecule has 1 saturated carbocycles. The standard InChI is InChI=1S/C29H40N4O2/c1-5-34-24-16-13-22(28(17-24)35-6-2)20-30-19-21-11-14-23(15-12-21)31-29-18-27(33(3)4)25-9-7-8-10-26(25)32-29/h7-10,13,16-18,21,23,30H,5-6,11-12,14-15,19-20H2,1-4H3,(H,31,32)/t21-,23+. The van der Waals surface area contributed by atoms with Gasteiger partial charge in [-0.25, -0.2) is 4.98 Å². The Morgan fingerprint density at radius 2 is 1.71 bits per heavy atom. The van der Waals surface area contributed by atoms with Crippen molar-refractivity contribution in [1.29, 1.82) is 0 Å². The molecule has 2 N–H and O–H groups in total. The van der Waals surface area contributed by atoms with Gasteiger partial charge in [0.05, 0.1) is 18.7 Å². The molecule has 0 unspecified atom stereocenters. The van der Waals surface area contributed by atoms with Crippen LogP contribution in [0.25, 0.3) is 10.9 Å². The van der Waals surface area contributed by atoms with E-state index >= 15 is 0 Å². The van der Waals surface area contributed by atoms with Crippen LogP contribution in [0.2, 0.25) is 0 Å². The minimum atomic E-state index is 0.477. The van der Waals surface area contributed by atoms with Gasteiger partial charge in [-0.1, -0.05) is 24.3 Å². The van der Waals surface area contributed by atoms with Gasteiger partial charge >= 0.3 is 0 Å². The Kier molecular flexibility index (Phi) is 8.69. The molecule has 35 heavy (non-hydrogen) atoms. The number of hydrogen-bond donors (Lipinski definition) is 2. The largest absolute Gasteiger partial charge is 0.494 e. The monoisotopic (exact) mass is 476 g/mol. The van der Waals surface area contributed by atoms with Crippen molar-refractivity contribution in [3.05, 3.63) is 54.1 Å². The van der Waals surface area contributed by atoms with E-state index < -0.39 is 0 Å². The summed E-state index contributed by atoms with van der Waals surface area (Å²) in [7, 11) is 4.18. The van der Waals surface area contributed by atoms with Crippen molar-refractivity contribution < 1.29 is 9.47 Å². The maximum absolute atomic E-state index is 5.85. The summed E-state index contributed by atoms with van der Waals surface area (Å²) in [6, 6.07) is 17.2. The van der Waals surface area contributed by atoms with Crippen LogP contribution in [0.4, 0.5) is 11.5 Å². The predicted octanol–water partition coefficient (Wildman–Crippen LogP) is 5.86. The molecule has 3 aromatic rings. The Hall–Kier alpha value is -2.99. The van der Waals surface area contributed by atoms with Gasteiger partial charge in [-0.15, -0.1) is 0 Å².